The molecule has 2 amide bonds. The lowest BCUT2D eigenvalue weighted by atomic mass is 9.87. The fraction of sp³-hybridized carbons (Fsp3) is 0.647. The number of rotatable bonds is 2. The van der Waals surface area contributed by atoms with Crippen LogP contribution >= 0.6 is 11.8 Å². The molecular weight excluding hydrogens is 310 g/mol. The van der Waals surface area contributed by atoms with Crippen LogP contribution in [0, 0.1) is 0 Å². The van der Waals surface area contributed by atoms with Crippen molar-refractivity contribution in [3.63, 3.8) is 0 Å². The molecule has 3 rings (SSSR count). The van der Waals surface area contributed by atoms with E-state index in [-0.39, 0.29) is 16.3 Å². The van der Waals surface area contributed by atoms with E-state index >= 15 is 0 Å². The third-order valence-electron chi connectivity index (χ3n) is 4.88. The van der Waals surface area contributed by atoms with Crippen LogP contribution in [0.25, 0.3) is 0 Å². The summed E-state index contributed by atoms with van der Waals surface area (Å²) in [6.45, 7) is 4.16. The first-order valence-electron chi connectivity index (χ1n) is 8.52. The molecule has 1 saturated carbocycles. The van der Waals surface area contributed by atoms with Gasteiger partial charge in [-0.3, -0.25) is 4.79 Å². The molecule has 6 heteroatoms. The average molecular weight is 335 g/mol. The smallest absolute Gasteiger partial charge is 0.321 e. The lowest BCUT2D eigenvalue weighted by molar-refractivity contribution is 0.198. The van der Waals surface area contributed by atoms with Crippen LogP contribution in [0.1, 0.15) is 39.0 Å². The topological polar surface area (TPSA) is 54.3 Å². The van der Waals surface area contributed by atoms with Crippen molar-refractivity contribution in [2.45, 2.75) is 50.3 Å². The van der Waals surface area contributed by atoms with Crippen LogP contribution in [0.15, 0.2) is 23.1 Å². The zero-order chi connectivity index (χ0) is 16.3. The molecule has 23 heavy (non-hydrogen) atoms. The molecule has 1 aliphatic carbocycles. The number of aromatic nitrogens is 1. The Hall–Kier alpha value is -1.43. The second-order valence-electron chi connectivity index (χ2n) is 6.49. The van der Waals surface area contributed by atoms with E-state index in [0.717, 1.165) is 18.8 Å². The Balaban J connectivity index is 1.67. The minimum atomic E-state index is -0.0449. The van der Waals surface area contributed by atoms with Crippen LogP contribution < -0.4 is 10.9 Å². The lowest BCUT2D eigenvalue weighted by Crippen LogP contribution is -2.51. The molecule has 1 spiro atoms. The summed E-state index contributed by atoms with van der Waals surface area (Å²) in [6.07, 6.45) is 8.06. The van der Waals surface area contributed by atoms with E-state index in [9.17, 15) is 9.59 Å². The number of nitrogens with zero attached hydrogens (tertiary/aromatic N) is 2. The molecule has 126 valence electrons. The SMILES string of the molecule is CCn1cc(NC(=O)N2CCSC3(CCCCC3)C2)ccc1=O. The second-order valence-corrected chi connectivity index (χ2v) is 8.05. The third-order valence-corrected chi connectivity index (χ3v) is 6.41. The van der Waals surface area contributed by atoms with Gasteiger partial charge in [0.2, 0.25) is 0 Å². The van der Waals surface area contributed by atoms with E-state index in [1.54, 1.807) is 16.8 Å². The maximum absolute atomic E-state index is 12.6. The molecule has 1 aliphatic heterocycles. The summed E-state index contributed by atoms with van der Waals surface area (Å²) >= 11 is 2.05. The first-order valence-corrected chi connectivity index (χ1v) is 9.51. The van der Waals surface area contributed by atoms with E-state index < -0.39 is 0 Å². The number of nitrogens with one attached hydrogen (secondary N) is 1. The number of hydrogen-bond acceptors (Lipinski definition) is 3. The normalized spacial score (nSPS) is 20.5. The molecule has 1 aromatic heterocycles. The van der Waals surface area contributed by atoms with E-state index in [2.05, 4.69) is 17.1 Å². The van der Waals surface area contributed by atoms with Gasteiger partial charge < -0.3 is 14.8 Å². The summed E-state index contributed by atoms with van der Waals surface area (Å²) in [5, 5.41) is 2.95. The molecule has 0 unspecified atom stereocenters. The van der Waals surface area contributed by atoms with E-state index in [0.29, 0.717) is 12.2 Å². The minimum Gasteiger partial charge on any atom is -0.322 e. The van der Waals surface area contributed by atoms with Crippen molar-refractivity contribution in [3.05, 3.63) is 28.7 Å². The van der Waals surface area contributed by atoms with Crippen molar-refractivity contribution in [2.75, 3.05) is 24.2 Å². The fourth-order valence-corrected chi connectivity index (χ4v) is 5.14. The number of carbonyl (C=O) groups excluding carboxylic acids is 1. The quantitative estimate of drug-likeness (QED) is 0.903. The zero-order valence-electron chi connectivity index (χ0n) is 13.7. The Labute approximate surface area is 141 Å². The highest BCUT2D eigenvalue weighted by molar-refractivity contribution is 8.00. The van der Waals surface area contributed by atoms with Gasteiger partial charge >= 0.3 is 6.03 Å². The standard InChI is InChI=1S/C17H25N3O2S/c1-2-19-12-14(6-7-15(19)21)18-16(22)20-10-11-23-17(13-20)8-4-3-5-9-17/h6-7,12H,2-5,8-11,13H2,1H3,(H,18,22). The van der Waals surface area contributed by atoms with Gasteiger partial charge in [0, 0.05) is 42.4 Å². The van der Waals surface area contributed by atoms with Gasteiger partial charge in [-0.1, -0.05) is 19.3 Å². The van der Waals surface area contributed by atoms with Gasteiger partial charge in [-0.2, -0.15) is 11.8 Å². The fourth-order valence-electron chi connectivity index (χ4n) is 3.57. The summed E-state index contributed by atoms with van der Waals surface area (Å²) in [5.41, 5.74) is 0.647. The van der Waals surface area contributed by atoms with Crippen molar-refractivity contribution in [3.8, 4) is 0 Å². The van der Waals surface area contributed by atoms with Crippen molar-refractivity contribution >= 4 is 23.5 Å². The first kappa shape index (κ1) is 16.4. The number of anilines is 1. The molecule has 0 bridgehead atoms. The highest BCUT2D eigenvalue weighted by atomic mass is 32.2. The molecule has 1 N–H and O–H groups in total. The Morgan fingerprint density at radius 3 is 2.83 bits per heavy atom. The molecule has 0 radical (unpaired) electrons. The molecular formula is C17H25N3O2S. The lowest BCUT2D eigenvalue weighted by Gasteiger charge is -2.44. The van der Waals surface area contributed by atoms with Crippen molar-refractivity contribution < 1.29 is 4.79 Å². The minimum absolute atomic E-state index is 0.0407. The van der Waals surface area contributed by atoms with Crippen LogP contribution in [0.4, 0.5) is 10.5 Å². The van der Waals surface area contributed by atoms with Crippen LogP contribution in [0.2, 0.25) is 0 Å². The Bertz CT molecular complexity index is 617. The number of urea groups is 1. The van der Waals surface area contributed by atoms with Gasteiger partial charge in [0.05, 0.1) is 5.69 Å². The van der Waals surface area contributed by atoms with E-state index in [4.69, 9.17) is 0 Å². The first-order chi connectivity index (χ1) is 11.1. The van der Waals surface area contributed by atoms with E-state index in [1.165, 1.54) is 38.2 Å². The van der Waals surface area contributed by atoms with Crippen LogP contribution in [-0.2, 0) is 6.54 Å². The Morgan fingerprint density at radius 1 is 1.30 bits per heavy atom. The van der Waals surface area contributed by atoms with Gasteiger partial charge in [0.25, 0.3) is 5.56 Å². The molecule has 2 fully saturated rings. The summed E-state index contributed by atoms with van der Waals surface area (Å²) in [6, 6.07) is 3.14. The maximum atomic E-state index is 12.6. The highest BCUT2D eigenvalue weighted by Crippen LogP contribution is 2.42. The summed E-state index contributed by atoms with van der Waals surface area (Å²) in [7, 11) is 0. The molecule has 0 aromatic carbocycles. The van der Waals surface area contributed by atoms with Crippen molar-refractivity contribution in [1.29, 1.82) is 0 Å². The van der Waals surface area contributed by atoms with Crippen molar-refractivity contribution in [2.24, 2.45) is 0 Å². The largest absolute Gasteiger partial charge is 0.322 e. The number of aryl methyl sites for hydroxylation is 1. The third kappa shape index (κ3) is 3.74. The monoisotopic (exact) mass is 335 g/mol. The molecule has 1 aromatic rings. The predicted octanol–water partition coefficient (Wildman–Crippen LogP) is 3.15. The molecule has 0 atom stereocenters. The Kier molecular flexibility index (Phi) is 4.99. The summed E-state index contributed by atoms with van der Waals surface area (Å²) in [4.78, 5) is 26.2. The number of thioether (sulfide) groups is 1. The average Bonchev–Trinajstić information content (AvgIpc) is 2.57. The number of amides is 2. The van der Waals surface area contributed by atoms with Gasteiger partial charge in [-0.15, -0.1) is 0 Å². The van der Waals surface area contributed by atoms with Crippen molar-refractivity contribution in [1.82, 2.24) is 9.47 Å². The van der Waals surface area contributed by atoms with Crippen LogP contribution in [0.3, 0.4) is 0 Å². The number of carbonyl (C=O) groups is 1. The van der Waals surface area contributed by atoms with Gasteiger partial charge in [-0.05, 0) is 25.8 Å². The van der Waals surface area contributed by atoms with Crippen LogP contribution in [-0.4, -0.2) is 39.1 Å². The molecule has 1 saturated heterocycles. The molecule has 2 heterocycles. The zero-order valence-corrected chi connectivity index (χ0v) is 14.5. The summed E-state index contributed by atoms with van der Waals surface area (Å²) in [5.74, 6) is 1.02. The van der Waals surface area contributed by atoms with Gasteiger partial charge in [-0.25, -0.2) is 4.79 Å². The Morgan fingerprint density at radius 2 is 2.09 bits per heavy atom. The molecule has 5 nitrogen and oxygen atoms in total. The maximum Gasteiger partial charge on any atom is 0.321 e. The predicted molar refractivity (Wildman–Crippen MR) is 95.2 cm³/mol. The van der Waals surface area contributed by atoms with Gasteiger partial charge in [0.15, 0.2) is 0 Å². The number of hydrogen-bond donors (Lipinski definition) is 1. The number of pyridine rings is 1. The van der Waals surface area contributed by atoms with E-state index in [1.807, 2.05) is 11.8 Å². The van der Waals surface area contributed by atoms with Gasteiger partial charge in [0.1, 0.15) is 0 Å². The molecule has 2 aliphatic rings. The van der Waals surface area contributed by atoms with Crippen LogP contribution in [0.5, 0.6) is 0 Å². The second kappa shape index (κ2) is 6.99. The summed E-state index contributed by atoms with van der Waals surface area (Å²) < 4.78 is 1.88. The highest BCUT2D eigenvalue weighted by Gasteiger charge is 2.38.